The van der Waals surface area contributed by atoms with Crippen molar-refractivity contribution in [1.82, 2.24) is 9.97 Å². The first-order chi connectivity index (χ1) is 13.3. The molecule has 0 atom stereocenters. The zero-order chi connectivity index (χ0) is 20.8. The summed E-state index contributed by atoms with van der Waals surface area (Å²) in [5.74, 6) is -1.83. The molecule has 150 valence electrons. The van der Waals surface area contributed by atoms with Crippen LogP contribution in [-0.4, -0.2) is 60.7 Å². The van der Waals surface area contributed by atoms with Gasteiger partial charge in [-0.15, -0.1) is 11.3 Å². The fourth-order valence-electron chi connectivity index (χ4n) is 2.14. The molecule has 0 fully saturated rings. The number of carbonyl (C=O) groups excluding carboxylic acids is 2. The van der Waals surface area contributed by atoms with Crippen LogP contribution in [0, 0.1) is 11.7 Å². The molecule has 0 amide bonds. The van der Waals surface area contributed by atoms with Gasteiger partial charge in [-0.1, -0.05) is 0 Å². The van der Waals surface area contributed by atoms with Gasteiger partial charge in [-0.2, -0.15) is 0 Å². The number of ether oxygens (including phenoxy) is 3. The van der Waals surface area contributed by atoms with E-state index in [2.05, 4.69) is 15.0 Å². The second-order valence-corrected chi connectivity index (χ2v) is 6.69. The normalized spacial score (nSPS) is 11.0. The van der Waals surface area contributed by atoms with Crippen LogP contribution >= 0.6 is 23.6 Å². The highest BCUT2D eigenvalue weighted by molar-refractivity contribution is 7.71. The summed E-state index contributed by atoms with van der Waals surface area (Å²) in [6.45, 7) is 1.83. The van der Waals surface area contributed by atoms with Crippen LogP contribution in [0.1, 0.15) is 31.2 Å². The minimum Gasteiger partial charge on any atom is -0.494 e. The Bertz CT molecular complexity index is 1040. The van der Waals surface area contributed by atoms with E-state index in [0.29, 0.717) is 5.56 Å². The van der Waals surface area contributed by atoms with E-state index in [1.54, 1.807) is 6.92 Å². The molecule has 2 rings (SSSR count). The number of H-pyrrole nitrogens is 2. The summed E-state index contributed by atoms with van der Waals surface area (Å²) in [4.78, 5) is 45.2. The number of methoxy groups -OCH3 is 2. The minimum absolute atomic E-state index is 0.0470. The first-order valence-electron chi connectivity index (χ1n) is 7.77. The zero-order valence-corrected chi connectivity index (χ0v) is 16.8. The molecular formula is C16H17N3O7S2. The minimum atomic E-state index is -0.706. The number of esters is 2. The number of carbonyl (C=O) groups is 2. The van der Waals surface area contributed by atoms with Gasteiger partial charge in [0.25, 0.3) is 5.56 Å². The molecule has 0 aliphatic rings. The lowest BCUT2D eigenvalue weighted by Crippen LogP contribution is -2.13. The number of hydrogen-bond acceptors (Lipinski definition) is 10. The summed E-state index contributed by atoms with van der Waals surface area (Å²) < 4.78 is 14.6. The van der Waals surface area contributed by atoms with Crippen LogP contribution in [0.2, 0.25) is 0 Å². The van der Waals surface area contributed by atoms with Gasteiger partial charge in [0.05, 0.1) is 13.7 Å². The van der Waals surface area contributed by atoms with Gasteiger partial charge in [-0.3, -0.25) is 9.78 Å². The SMILES string of the molecule is COCCOC(=O)c1sc(N=Cc2c(O)[nH]c(=S)[nH]c2=O)c(C(=O)OC)c1C. The Kier molecular flexibility index (Phi) is 7.20. The summed E-state index contributed by atoms with van der Waals surface area (Å²) in [6, 6.07) is 0. The van der Waals surface area contributed by atoms with Gasteiger partial charge < -0.3 is 24.3 Å². The molecule has 0 aliphatic heterocycles. The molecule has 0 bridgehead atoms. The summed E-state index contributed by atoms with van der Waals surface area (Å²) in [6.07, 6.45) is 1.05. The van der Waals surface area contributed by atoms with Gasteiger partial charge in [0, 0.05) is 13.3 Å². The predicted molar refractivity (Wildman–Crippen MR) is 104 cm³/mol. The third kappa shape index (κ3) is 4.71. The van der Waals surface area contributed by atoms with Crippen LogP contribution in [0.15, 0.2) is 9.79 Å². The first-order valence-corrected chi connectivity index (χ1v) is 9.00. The van der Waals surface area contributed by atoms with Crippen molar-refractivity contribution >= 4 is 46.7 Å². The molecular weight excluding hydrogens is 410 g/mol. The average molecular weight is 427 g/mol. The molecule has 10 nitrogen and oxygen atoms in total. The van der Waals surface area contributed by atoms with Crippen LogP contribution < -0.4 is 5.56 Å². The largest absolute Gasteiger partial charge is 0.494 e. The molecule has 2 aromatic rings. The van der Waals surface area contributed by atoms with Crippen molar-refractivity contribution in [2.24, 2.45) is 4.99 Å². The smallest absolute Gasteiger partial charge is 0.348 e. The van der Waals surface area contributed by atoms with Crippen molar-refractivity contribution in [3.05, 3.63) is 36.7 Å². The van der Waals surface area contributed by atoms with E-state index in [4.69, 9.17) is 26.4 Å². The summed E-state index contributed by atoms with van der Waals surface area (Å²) in [7, 11) is 2.66. The van der Waals surface area contributed by atoms with Gasteiger partial charge in [0.1, 0.15) is 27.6 Å². The zero-order valence-electron chi connectivity index (χ0n) is 15.2. The van der Waals surface area contributed by atoms with Gasteiger partial charge in [0.15, 0.2) is 4.77 Å². The fraction of sp³-hybridized carbons (Fsp3) is 0.312. The number of aromatic hydroxyl groups is 1. The lowest BCUT2D eigenvalue weighted by atomic mass is 10.1. The number of nitrogens with one attached hydrogen (secondary N) is 2. The maximum atomic E-state index is 12.3. The van der Waals surface area contributed by atoms with Crippen molar-refractivity contribution in [2.75, 3.05) is 27.4 Å². The monoisotopic (exact) mass is 427 g/mol. The van der Waals surface area contributed by atoms with E-state index in [1.165, 1.54) is 14.2 Å². The molecule has 0 aliphatic carbocycles. The van der Waals surface area contributed by atoms with Gasteiger partial charge in [-0.05, 0) is 24.7 Å². The lowest BCUT2D eigenvalue weighted by Gasteiger charge is -2.03. The topological polar surface area (TPSA) is 143 Å². The van der Waals surface area contributed by atoms with E-state index in [9.17, 15) is 19.5 Å². The maximum Gasteiger partial charge on any atom is 0.348 e. The Balaban J connectivity index is 2.47. The van der Waals surface area contributed by atoms with Crippen LogP contribution in [-0.2, 0) is 14.2 Å². The Morgan fingerprint density at radius 3 is 2.57 bits per heavy atom. The highest BCUT2D eigenvalue weighted by Crippen LogP contribution is 2.36. The molecule has 0 radical (unpaired) electrons. The van der Waals surface area contributed by atoms with Crippen molar-refractivity contribution in [3.63, 3.8) is 0 Å². The number of hydrogen-bond donors (Lipinski definition) is 3. The number of nitrogens with zero attached hydrogens (tertiary/aromatic N) is 1. The molecule has 0 saturated heterocycles. The molecule has 2 aromatic heterocycles. The van der Waals surface area contributed by atoms with Gasteiger partial charge in [-0.25, -0.2) is 14.6 Å². The second kappa shape index (κ2) is 9.39. The lowest BCUT2D eigenvalue weighted by molar-refractivity contribution is 0.0393. The van der Waals surface area contributed by atoms with Crippen LogP contribution in [0.5, 0.6) is 5.88 Å². The Hall–Kier alpha value is -2.83. The number of rotatable bonds is 7. The van der Waals surface area contributed by atoms with Gasteiger partial charge in [0.2, 0.25) is 5.88 Å². The van der Waals surface area contributed by atoms with E-state index >= 15 is 0 Å². The summed E-state index contributed by atoms with van der Waals surface area (Å²) >= 11 is 5.64. The molecule has 3 N–H and O–H groups in total. The van der Waals surface area contributed by atoms with E-state index in [1.807, 2.05) is 0 Å². The highest BCUT2D eigenvalue weighted by atomic mass is 32.1. The van der Waals surface area contributed by atoms with E-state index < -0.39 is 23.4 Å². The summed E-state index contributed by atoms with van der Waals surface area (Å²) in [5.41, 5.74) is -0.476. The average Bonchev–Trinajstić information content (AvgIpc) is 2.96. The van der Waals surface area contributed by atoms with E-state index in [0.717, 1.165) is 17.6 Å². The molecule has 28 heavy (non-hydrogen) atoms. The first kappa shape index (κ1) is 21.5. The highest BCUT2D eigenvalue weighted by Gasteiger charge is 2.26. The number of aromatic nitrogens is 2. The molecule has 0 aromatic carbocycles. The second-order valence-electron chi connectivity index (χ2n) is 5.29. The van der Waals surface area contributed by atoms with Crippen LogP contribution in [0.25, 0.3) is 0 Å². The number of aromatic amines is 2. The predicted octanol–water partition coefficient (Wildman–Crippen LogP) is 1.85. The molecule has 0 spiro atoms. The van der Waals surface area contributed by atoms with Crippen molar-refractivity contribution in [2.45, 2.75) is 6.92 Å². The Labute approximate surface area is 167 Å². The third-order valence-electron chi connectivity index (χ3n) is 3.49. The standard InChI is InChI=1S/C16H17N3O7S2/c1-7-9(14(22)25-3)13(28-10(7)15(23)26-5-4-24-2)17-6-8-11(20)18-16(27)19-12(8)21/h6H,4-5H2,1-3H3,(H3,18,19,20,21,27). The van der Waals surface area contributed by atoms with Crippen LogP contribution in [0.4, 0.5) is 5.00 Å². The maximum absolute atomic E-state index is 12.3. The Morgan fingerprint density at radius 2 is 1.96 bits per heavy atom. The quantitative estimate of drug-likeness (QED) is 0.263. The fourth-order valence-corrected chi connectivity index (χ4v) is 3.36. The van der Waals surface area contributed by atoms with Crippen molar-refractivity contribution < 1.29 is 28.9 Å². The van der Waals surface area contributed by atoms with Crippen molar-refractivity contribution in [3.8, 4) is 5.88 Å². The Morgan fingerprint density at radius 1 is 1.25 bits per heavy atom. The molecule has 2 heterocycles. The number of thiophene rings is 1. The third-order valence-corrected chi connectivity index (χ3v) is 4.88. The summed E-state index contributed by atoms with van der Waals surface area (Å²) in [5, 5.41) is 9.95. The molecule has 12 heteroatoms. The molecule has 0 saturated carbocycles. The van der Waals surface area contributed by atoms with E-state index in [-0.39, 0.29) is 39.0 Å². The number of aliphatic imine (C=N–C) groups is 1. The molecule has 0 unspecified atom stereocenters. The van der Waals surface area contributed by atoms with Gasteiger partial charge >= 0.3 is 11.9 Å². The van der Waals surface area contributed by atoms with Crippen molar-refractivity contribution in [1.29, 1.82) is 0 Å². The van der Waals surface area contributed by atoms with Crippen LogP contribution in [0.3, 0.4) is 0 Å².